The van der Waals surface area contributed by atoms with Crippen LogP contribution in [-0.4, -0.2) is 63.6 Å². The number of imidazole rings is 2. The van der Waals surface area contributed by atoms with Gasteiger partial charge in [-0.25, -0.2) is 25.8 Å². The molecule has 0 aliphatic carbocycles. The van der Waals surface area contributed by atoms with Gasteiger partial charge in [0.1, 0.15) is 0 Å². The van der Waals surface area contributed by atoms with Crippen LogP contribution < -0.4 is 36.1 Å². The molecule has 6 N–H and O–H groups in total. The van der Waals surface area contributed by atoms with Crippen LogP contribution in [0.2, 0.25) is 0 Å². The Morgan fingerprint density at radius 3 is 1.71 bits per heavy atom. The molecule has 14 nitrogen and oxygen atoms in total. The molecule has 0 saturated carbocycles. The van der Waals surface area contributed by atoms with Crippen molar-refractivity contribution in [1.29, 1.82) is 0 Å². The second kappa shape index (κ2) is 12.4. The molecule has 0 bridgehead atoms. The third-order valence-corrected chi connectivity index (χ3v) is 5.33. The maximum absolute atomic E-state index is 7.02. The van der Waals surface area contributed by atoms with Gasteiger partial charge in [-0.2, -0.15) is 0 Å². The van der Waals surface area contributed by atoms with Gasteiger partial charge in [0, 0.05) is 13.1 Å². The van der Waals surface area contributed by atoms with Crippen LogP contribution in [0.1, 0.15) is 1.43 Å². The van der Waals surface area contributed by atoms with Crippen molar-refractivity contribution in [2.75, 3.05) is 18.0 Å². The standard InChI is InChI=1S/C11H8N6O.C11H12N6O.Al.Li.4H/c1-13-6-17-8-5-3-2-4-7(8)14-11(17)9-10(12)16-18-15-9;12-5-6-17-8-4-2-1-3-7(8)14-11(17)9-10(13)16-18-15-9;;;;;;/h2-5H,6H2,(H2,12,16);1-4H,5-6,12H2,(H2,13,16);;;;;;/q;;;+1;;;;-1. The Kier molecular flexibility index (Phi) is 9.26. The molecule has 0 spiro atoms. The van der Waals surface area contributed by atoms with Crippen LogP contribution in [0.3, 0.4) is 0 Å². The minimum Gasteiger partial charge on any atom is -1.00 e. The number of para-hydroxylation sites is 4. The first-order chi connectivity index (χ1) is 17.6. The first-order valence-corrected chi connectivity index (χ1v) is 10.7. The number of hydrogen-bond donors (Lipinski definition) is 3. The van der Waals surface area contributed by atoms with Gasteiger partial charge in [-0.05, 0) is 44.9 Å². The molecule has 0 fully saturated rings. The Hall–Kier alpha value is -4.16. The van der Waals surface area contributed by atoms with Crippen molar-refractivity contribution in [3.63, 3.8) is 0 Å². The summed E-state index contributed by atoms with van der Waals surface area (Å²) in [5.41, 5.74) is 21.3. The molecule has 0 amide bonds. The third-order valence-electron chi connectivity index (χ3n) is 5.33. The zero-order chi connectivity index (χ0) is 25.1. The van der Waals surface area contributed by atoms with Crippen molar-refractivity contribution in [3.05, 3.63) is 59.9 Å². The summed E-state index contributed by atoms with van der Waals surface area (Å²) in [5.74, 6) is 1.51. The van der Waals surface area contributed by atoms with E-state index in [9.17, 15) is 0 Å². The largest absolute Gasteiger partial charge is 1.00 e. The summed E-state index contributed by atoms with van der Waals surface area (Å²) in [7, 11) is 0. The van der Waals surface area contributed by atoms with E-state index < -0.39 is 0 Å². The Labute approximate surface area is 239 Å². The van der Waals surface area contributed by atoms with Gasteiger partial charge in [-0.15, -0.1) is 0 Å². The average molecular weight is 522 g/mol. The molecular weight excluding hydrogens is 498 g/mol. The van der Waals surface area contributed by atoms with Gasteiger partial charge in [0.05, 0.1) is 22.1 Å². The number of rotatable bonds is 5. The van der Waals surface area contributed by atoms with Gasteiger partial charge in [0.15, 0.2) is 52.0 Å². The van der Waals surface area contributed by atoms with Crippen LogP contribution >= 0.6 is 0 Å². The molecule has 6 rings (SSSR count). The molecule has 6 aromatic rings. The molecule has 188 valence electrons. The summed E-state index contributed by atoms with van der Waals surface area (Å²) in [6.07, 6.45) is 0. The molecule has 0 radical (unpaired) electrons. The molecule has 16 heteroatoms. The van der Waals surface area contributed by atoms with E-state index >= 15 is 0 Å². The van der Waals surface area contributed by atoms with Crippen molar-refractivity contribution >= 4 is 51.1 Å². The maximum atomic E-state index is 7.02. The predicted octanol–water partition coefficient (Wildman–Crippen LogP) is -1.89. The molecule has 0 aliphatic rings. The van der Waals surface area contributed by atoms with Crippen molar-refractivity contribution in [2.24, 2.45) is 5.73 Å². The molecule has 0 saturated heterocycles. The third kappa shape index (κ3) is 5.27. The summed E-state index contributed by atoms with van der Waals surface area (Å²) < 4.78 is 12.9. The number of nitrogens with zero attached hydrogens (tertiary/aromatic N) is 9. The van der Waals surface area contributed by atoms with Crippen LogP contribution in [-0.2, 0) is 13.2 Å². The molecule has 4 aromatic heterocycles. The summed E-state index contributed by atoms with van der Waals surface area (Å²) in [6.45, 7) is 8.28. The Morgan fingerprint density at radius 1 is 0.789 bits per heavy atom. The normalized spacial score (nSPS) is 10.3. The number of fused-ring (bicyclic) bond motifs is 2. The van der Waals surface area contributed by atoms with Gasteiger partial charge in [-0.1, -0.05) is 24.3 Å². The summed E-state index contributed by atoms with van der Waals surface area (Å²) in [6, 6.07) is 15.3. The van der Waals surface area contributed by atoms with Crippen LogP contribution in [0.25, 0.3) is 49.9 Å². The molecule has 0 unspecified atom stereocenters. The minimum atomic E-state index is 0. The van der Waals surface area contributed by atoms with E-state index in [2.05, 4.69) is 44.7 Å². The van der Waals surface area contributed by atoms with E-state index in [0.717, 1.165) is 22.1 Å². The van der Waals surface area contributed by atoms with Gasteiger partial charge in [0.2, 0.25) is 0 Å². The van der Waals surface area contributed by atoms with Crippen LogP contribution in [0.4, 0.5) is 11.6 Å². The number of hydrogen-bond acceptors (Lipinski definition) is 11. The number of nitrogen functional groups attached to an aromatic ring is 2. The number of aromatic nitrogens is 8. The number of benzene rings is 2. The second-order valence-electron chi connectivity index (χ2n) is 7.51. The zero-order valence-corrected chi connectivity index (χ0v) is 19.8. The Bertz CT molecular complexity index is 1710. The smallest absolute Gasteiger partial charge is 1.00 e. The monoisotopic (exact) mass is 522 g/mol. The topological polar surface area (TPSA) is 196 Å². The van der Waals surface area contributed by atoms with Crippen LogP contribution in [0.15, 0.2) is 57.8 Å². The fraction of sp³-hybridized carbons (Fsp3) is 0.136. The Balaban J connectivity index is 0.000000254. The van der Waals surface area contributed by atoms with Crippen LogP contribution in [0.5, 0.6) is 0 Å². The summed E-state index contributed by atoms with van der Waals surface area (Å²) in [4.78, 5) is 12.3. The summed E-state index contributed by atoms with van der Waals surface area (Å²) >= 11 is 0. The molecule has 38 heavy (non-hydrogen) atoms. The fourth-order valence-electron chi connectivity index (χ4n) is 3.78. The van der Waals surface area contributed by atoms with E-state index in [0.29, 0.717) is 36.1 Å². The minimum absolute atomic E-state index is 0. The Morgan fingerprint density at radius 2 is 1.26 bits per heavy atom. The molecule has 2 aromatic carbocycles. The van der Waals surface area contributed by atoms with E-state index in [4.69, 9.17) is 23.8 Å². The van der Waals surface area contributed by atoms with E-state index in [1.807, 2.05) is 53.1 Å². The zero-order valence-electron chi connectivity index (χ0n) is 20.8. The SMILES string of the molecule is NCCn1c(-c2nonc2N)nc2ccccc21.[AlH3].[C-]#[N+]Cn1c(-c2nonc2N)nc2ccccc21.[H-].[Li+]. The van der Waals surface area contributed by atoms with Crippen molar-refractivity contribution in [2.45, 2.75) is 13.2 Å². The maximum Gasteiger partial charge on any atom is 1.00 e. The van der Waals surface area contributed by atoms with Crippen LogP contribution in [0, 0.1) is 6.57 Å². The first-order valence-electron chi connectivity index (χ1n) is 10.7. The van der Waals surface area contributed by atoms with E-state index in [-0.39, 0.29) is 56.0 Å². The van der Waals surface area contributed by atoms with Gasteiger partial charge >= 0.3 is 18.9 Å². The van der Waals surface area contributed by atoms with Crippen molar-refractivity contribution in [1.82, 2.24) is 39.7 Å². The first kappa shape index (κ1) is 28.4. The van der Waals surface area contributed by atoms with E-state index in [1.54, 1.807) is 4.57 Å². The molecule has 0 atom stereocenters. The second-order valence-corrected chi connectivity index (χ2v) is 7.51. The predicted molar refractivity (Wildman–Crippen MR) is 142 cm³/mol. The molecular formula is C22H24AlLiN12O2. The van der Waals surface area contributed by atoms with Gasteiger partial charge in [-0.3, -0.25) is 9.41 Å². The quantitative estimate of drug-likeness (QED) is 0.169. The van der Waals surface area contributed by atoms with Crippen molar-refractivity contribution < 1.29 is 29.5 Å². The molecule has 0 aliphatic heterocycles. The van der Waals surface area contributed by atoms with E-state index in [1.165, 1.54) is 0 Å². The van der Waals surface area contributed by atoms with Gasteiger partial charge in [0.25, 0.3) is 6.67 Å². The summed E-state index contributed by atoms with van der Waals surface area (Å²) in [5, 5.41) is 14.6. The van der Waals surface area contributed by atoms with Gasteiger partial charge < -0.3 is 23.2 Å². The fourth-order valence-corrected chi connectivity index (χ4v) is 3.78. The average Bonchev–Trinajstić information content (AvgIpc) is 3.66. The number of anilines is 2. The number of nitrogens with two attached hydrogens (primary N) is 3. The van der Waals surface area contributed by atoms with Crippen molar-refractivity contribution in [3.8, 4) is 23.0 Å². The molecule has 4 heterocycles.